The van der Waals surface area contributed by atoms with Crippen LogP contribution in [0.15, 0.2) is 11.1 Å². The van der Waals surface area contributed by atoms with Gasteiger partial charge in [0.2, 0.25) is 5.91 Å². The average Bonchev–Trinajstić information content (AvgIpc) is 2.86. The van der Waals surface area contributed by atoms with Gasteiger partial charge in [0.05, 0.1) is 0 Å². The molecule has 1 aliphatic rings. The quantitative estimate of drug-likeness (QED) is 0.742. The second-order valence-electron chi connectivity index (χ2n) is 4.83. The first-order chi connectivity index (χ1) is 8.43. The summed E-state index contributed by atoms with van der Waals surface area (Å²) in [4.78, 5) is 26.7. The SMILES string of the molecule is CC(C(=O)O)=C(C)C(=O)N(C)CCN1CCCC1. The van der Waals surface area contributed by atoms with Gasteiger partial charge in [-0.1, -0.05) is 0 Å². The number of nitrogens with zero attached hydrogens (tertiary/aromatic N) is 2. The van der Waals surface area contributed by atoms with E-state index in [4.69, 9.17) is 5.11 Å². The number of carbonyl (C=O) groups excluding carboxylic acids is 1. The molecule has 1 rings (SSSR count). The molecular weight excluding hydrogens is 232 g/mol. The molecule has 0 saturated carbocycles. The maximum atomic E-state index is 12.0. The summed E-state index contributed by atoms with van der Waals surface area (Å²) in [6.07, 6.45) is 2.46. The number of carboxylic acid groups (broad SMARTS) is 1. The number of likely N-dealkylation sites (tertiary alicyclic amines) is 1. The van der Waals surface area contributed by atoms with Crippen molar-refractivity contribution in [2.45, 2.75) is 26.7 Å². The summed E-state index contributed by atoms with van der Waals surface area (Å²) in [5, 5.41) is 8.85. The summed E-state index contributed by atoms with van der Waals surface area (Å²) in [6, 6.07) is 0. The van der Waals surface area contributed by atoms with Crippen molar-refractivity contribution in [3.63, 3.8) is 0 Å². The van der Waals surface area contributed by atoms with Gasteiger partial charge in [-0.2, -0.15) is 0 Å². The third-order valence-corrected chi connectivity index (χ3v) is 3.50. The van der Waals surface area contributed by atoms with Crippen molar-refractivity contribution in [3.8, 4) is 0 Å². The topological polar surface area (TPSA) is 60.9 Å². The zero-order chi connectivity index (χ0) is 13.7. The van der Waals surface area contributed by atoms with Gasteiger partial charge in [-0.3, -0.25) is 4.79 Å². The standard InChI is InChI=1S/C13H22N2O3/c1-10(11(2)13(17)18)12(16)14(3)8-9-15-6-4-5-7-15/h4-9H2,1-3H3,(H,17,18). The minimum absolute atomic E-state index is 0.119. The summed E-state index contributed by atoms with van der Waals surface area (Å²) in [6.45, 7) is 6.74. The number of rotatable bonds is 5. The Kier molecular flexibility index (Phi) is 5.34. The van der Waals surface area contributed by atoms with Crippen LogP contribution < -0.4 is 0 Å². The number of carboxylic acids is 1. The Morgan fingerprint density at radius 2 is 1.72 bits per heavy atom. The Hall–Kier alpha value is -1.36. The lowest BCUT2D eigenvalue weighted by Gasteiger charge is -2.22. The van der Waals surface area contributed by atoms with Gasteiger partial charge in [0, 0.05) is 31.3 Å². The molecule has 5 nitrogen and oxygen atoms in total. The average molecular weight is 254 g/mol. The molecule has 1 N–H and O–H groups in total. The number of aliphatic carboxylic acids is 1. The van der Waals surface area contributed by atoms with Crippen molar-refractivity contribution in [3.05, 3.63) is 11.1 Å². The van der Waals surface area contributed by atoms with E-state index in [9.17, 15) is 9.59 Å². The highest BCUT2D eigenvalue weighted by Gasteiger charge is 2.18. The Morgan fingerprint density at radius 3 is 2.22 bits per heavy atom. The molecule has 5 heteroatoms. The van der Waals surface area contributed by atoms with E-state index in [2.05, 4.69) is 4.90 Å². The fourth-order valence-corrected chi connectivity index (χ4v) is 2.01. The molecule has 0 spiro atoms. The summed E-state index contributed by atoms with van der Waals surface area (Å²) in [7, 11) is 1.72. The first kappa shape index (κ1) is 14.7. The van der Waals surface area contributed by atoms with E-state index in [1.165, 1.54) is 19.8 Å². The third kappa shape index (κ3) is 3.84. The molecule has 1 saturated heterocycles. The normalized spacial score (nSPS) is 17.5. The predicted octanol–water partition coefficient (Wildman–Crippen LogP) is 0.962. The zero-order valence-electron chi connectivity index (χ0n) is 11.4. The summed E-state index contributed by atoms with van der Waals surface area (Å²) in [5.74, 6) is -1.23. The number of likely N-dealkylation sites (N-methyl/N-ethyl adjacent to an activating group) is 1. The highest BCUT2D eigenvalue weighted by molar-refractivity contribution is 6.01. The molecule has 18 heavy (non-hydrogen) atoms. The highest BCUT2D eigenvalue weighted by atomic mass is 16.4. The van der Waals surface area contributed by atoms with Gasteiger partial charge >= 0.3 is 5.97 Å². The second kappa shape index (κ2) is 6.54. The van der Waals surface area contributed by atoms with Gasteiger partial charge in [0.1, 0.15) is 0 Å². The molecule has 1 aliphatic heterocycles. The van der Waals surface area contributed by atoms with Crippen LogP contribution in [0, 0.1) is 0 Å². The number of carbonyl (C=O) groups is 2. The smallest absolute Gasteiger partial charge is 0.331 e. The Labute approximate surface area is 108 Å². The van der Waals surface area contributed by atoms with Crippen LogP contribution >= 0.6 is 0 Å². The largest absolute Gasteiger partial charge is 0.478 e. The lowest BCUT2D eigenvalue weighted by atomic mass is 10.1. The zero-order valence-corrected chi connectivity index (χ0v) is 11.4. The fraction of sp³-hybridized carbons (Fsp3) is 0.692. The van der Waals surface area contributed by atoms with Crippen LogP contribution in [0.3, 0.4) is 0 Å². The van der Waals surface area contributed by atoms with Gasteiger partial charge in [0.15, 0.2) is 0 Å². The van der Waals surface area contributed by atoms with Gasteiger partial charge < -0.3 is 14.9 Å². The van der Waals surface area contributed by atoms with Gasteiger partial charge in [-0.15, -0.1) is 0 Å². The van der Waals surface area contributed by atoms with Gasteiger partial charge in [0.25, 0.3) is 0 Å². The van der Waals surface area contributed by atoms with Crippen molar-refractivity contribution in [2.24, 2.45) is 0 Å². The fourth-order valence-electron chi connectivity index (χ4n) is 2.01. The van der Waals surface area contributed by atoms with Crippen molar-refractivity contribution in [1.29, 1.82) is 0 Å². The summed E-state index contributed by atoms with van der Waals surface area (Å²) >= 11 is 0. The van der Waals surface area contributed by atoms with E-state index in [1.807, 2.05) is 0 Å². The van der Waals surface area contributed by atoms with Crippen LogP contribution in [0.4, 0.5) is 0 Å². The molecule has 0 aliphatic carbocycles. The summed E-state index contributed by atoms with van der Waals surface area (Å²) < 4.78 is 0. The lowest BCUT2D eigenvalue weighted by molar-refractivity contribution is -0.133. The summed E-state index contributed by atoms with van der Waals surface area (Å²) in [5.41, 5.74) is 0.430. The van der Waals surface area contributed by atoms with Crippen LogP contribution in [-0.2, 0) is 9.59 Å². The molecule has 0 aromatic rings. The van der Waals surface area contributed by atoms with Crippen molar-refractivity contribution in [1.82, 2.24) is 9.80 Å². The van der Waals surface area contributed by atoms with Crippen LogP contribution in [0.1, 0.15) is 26.7 Å². The van der Waals surface area contributed by atoms with E-state index in [0.29, 0.717) is 12.1 Å². The molecule has 1 heterocycles. The lowest BCUT2D eigenvalue weighted by Crippen LogP contribution is -2.36. The van der Waals surface area contributed by atoms with Crippen LogP contribution in [-0.4, -0.2) is 60.0 Å². The Bertz CT molecular complexity index is 357. The van der Waals surface area contributed by atoms with Crippen molar-refractivity contribution < 1.29 is 14.7 Å². The second-order valence-corrected chi connectivity index (χ2v) is 4.83. The molecule has 0 aromatic carbocycles. The maximum absolute atomic E-state index is 12.0. The molecule has 102 valence electrons. The number of hydrogen-bond donors (Lipinski definition) is 1. The van der Waals surface area contributed by atoms with E-state index < -0.39 is 5.97 Å². The van der Waals surface area contributed by atoms with Gasteiger partial charge in [-0.05, 0) is 39.8 Å². The van der Waals surface area contributed by atoms with Crippen molar-refractivity contribution >= 4 is 11.9 Å². The van der Waals surface area contributed by atoms with Crippen LogP contribution in [0.25, 0.3) is 0 Å². The molecule has 0 bridgehead atoms. The monoisotopic (exact) mass is 254 g/mol. The van der Waals surface area contributed by atoms with E-state index in [1.54, 1.807) is 18.9 Å². The number of amides is 1. The third-order valence-electron chi connectivity index (χ3n) is 3.50. The number of hydrogen-bond acceptors (Lipinski definition) is 3. The minimum atomic E-state index is -1.03. The van der Waals surface area contributed by atoms with E-state index >= 15 is 0 Å². The predicted molar refractivity (Wildman–Crippen MR) is 69.3 cm³/mol. The molecule has 0 atom stereocenters. The molecular formula is C13H22N2O3. The first-order valence-electron chi connectivity index (χ1n) is 6.32. The van der Waals surface area contributed by atoms with Gasteiger partial charge in [-0.25, -0.2) is 4.79 Å². The van der Waals surface area contributed by atoms with E-state index in [-0.39, 0.29) is 11.5 Å². The highest BCUT2D eigenvalue weighted by Crippen LogP contribution is 2.09. The van der Waals surface area contributed by atoms with Crippen LogP contribution in [0.5, 0.6) is 0 Å². The first-order valence-corrected chi connectivity index (χ1v) is 6.32. The molecule has 1 fully saturated rings. The van der Waals surface area contributed by atoms with Crippen LogP contribution in [0.2, 0.25) is 0 Å². The molecule has 0 radical (unpaired) electrons. The molecule has 0 unspecified atom stereocenters. The Morgan fingerprint density at radius 1 is 1.17 bits per heavy atom. The maximum Gasteiger partial charge on any atom is 0.331 e. The minimum Gasteiger partial charge on any atom is -0.478 e. The molecule has 1 amide bonds. The Balaban J connectivity index is 2.50. The van der Waals surface area contributed by atoms with Crippen molar-refractivity contribution in [2.75, 3.05) is 33.2 Å². The molecule has 0 aromatic heterocycles. The van der Waals surface area contributed by atoms with E-state index in [0.717, 1.165) is 19.6 Å².